The van der Waals surface area contributed by atoms with Gasteiger partial charge < -0.3 is 20.7 Å². The van der Waals surface area contributed by atoms with Crippen LogP contribution in [0.15, 0.2) is 29.4 Å². The van der Waals surface area contributed by atoms with Crippen LogP contribution in [0.1, 0.15) is 19.0 Å². The van der Waals surface area contributed by atoms with Crippen LogP contribution >= 0.6 is 0 Å². The van der Waals surface area contributed by atoms with Gasteiger partial charge in [0.2, 0.25) is 5.91 Å². The Labute approximate surface area is 137 Å². The molecule has 0 saturated heterocycles. The molecule has 0 saturated carbocycles. The minimum absolute atomic E-state index is 0.0447. The van der Waals surface area contributed by atoms with Crippen LogP contribution < -0.4 is 11.1 Å². The lowest BCUT2D eigenvalue weighted by Crippen LogP contribution is -2.35. The highest BCUT2D eigenvalue weighted by Crippen LogP contribution is 1.97. The number of ether oxygens (including phenoxy) is 1. The van der Waals surface area contributed by atoms with Crippen molar-refractivity contribution in [2.24, 2.45) is 10.7 Å². The smallest absolute Gasteiger partial charge is 0.244 e. The number of likely N-dealkylation sites (N-methyl/N-ethyl adjacent to an activating group) is 1. The predicted octanol–water partition coefficient (Wildman–Crippen LogP) is 0.413. The van der Waals surface area contributed by atoms with Crippen LogP contribution in [-0.2, 0) is 16.0 Å². The topological polar surface area (TPSA) is 92.8 Å². The third-order valence-electron chi connectivity index (χ3n) is 3.22. The van der Waals surface area contributed by atoms with E-state index in [0.717, 1.165) is 18.5 Å². The first-order valence-corrected chi connectivity index (χ1v) is 7.89. The number of pyridine rings is 1. The number of aromatic nitrogens is 1. The minimum atomic E-state index is -0.0694. The average molecular weight is 321 g/mol. The zero-order chi connectivity index (χ0) is 16.9. The molecule has 0 fully saturated rings. The maximum absolute atomic E-state index is 12.0. The van der Waals surface area contributed by atoms with Gasteiger partial charge in [-0.05, 0) is 25.5 Å². The van der Waals surface area contributed by atoms with Crippen molar-refractivity contribution in [3.8, 4) is 0 Å². The number of carbonyl (C=O) groups is 1. The number of hydrogen-bond donors (Lipinski definition) is 2. The number of nitrogens with one attached hydrogen (secondary N) is 1. The highest BCUT2D eigenvalue weighted by atomic mass is 16.5. The molecule has 0 spiro atoms. The standard InChI is InChI=1S/C16H27N5O2/c1-3-23-12-6-10-19-16(17)20-13-15(22)21(2)11-8-14-7-4-5-9-18-14/h4-5,7,9H,3,6,8,10-13H2,1-2H3,(H3,17,19,20). The largest absolute Gasteiger partial charge is 0.382 e. The molecule has 1 aromatic rings. The van der Waals surface area contributed by atoms with Crippen molar-refractivity contribution >= 4 is 11.9 Å². The van der Waals surface area contributed by atoms with E-state index in [9.17, 15) is 4.79 Å². The summed E-state index contributed by atoms with van der Waals surface area (Å²) < 4.78 is 5.22. The van der Waals surface area contributed by atoms with Crippen molar-refractivity contribution in [1.29, 1.82) is 0 Å². The number of rotatable bonds is 10. The molecule has 7 heteroatoms. The molecule has 0 aliphatic heterocycles. The molecule has 23 heavy (non-hydrogen) atoms. The number of amides is 1. The summed E-state index contributed by atoms with van der Waals surface area (Å²) >= 11 is 0. The molecule has 1 aromatic heterocycles. The second-order valence-electron chi connectivity index (χ2n) is 5.07. The summed E-state index contributed by atoms with van der Waals surface area (Å²) in [5.41, 5.74) is 6.68. The second-order valence-corrected chi connectivity index (χ2v) is 5.07. The highest BCUT2D eigenvalue weighted by Gasteiger charge is 2.08. The molecule has 0 aromatic carbocycles. The summed E-state index contributed by atoms with van der Waals surface area (Å²) in [6.07, 6.45) is 3.32. The number of aliphatic imine (C=N–C) groups is 1. The first-order chi connectivity index (χ1) is 11.1. The van der Waals surface area contributed by atoms with Crippen LogP contribution in [0.2, 0.25) is 0 Å². The summed E-state index contributed by atoms with van der Waals surface area (Å²) in [6, 6.07) is 5.75. The van der Waals surface area contributed by atoms with Gasteiger partial charge in [0.05, 0.1) is 0 Å². The van der Waals surface area contributed by atoms with Gasteiger partial charge >= 0.3 is 0 Å². The lowest BCUT2D eigenvalue weighted by atomic mass is 10.2. The maximum atomic E-state index is 12.0. The molecule has 0 atom stereocenters. The van der Waals surface area contributed by atoms with Crippen molar-refractivity contribution in [2.75, 3.05) is 39.9 Å². The van der Waals surface area contributed by atoms with Gasteiger partial charge in [-0.2, -0.15) is 0 Å². The van der Waals surface area contributed by atoms with Gasteiger partial charge in [0.1, 0.15) is 6.54 Å². The van der Waals surface area contributed by atoms with Gasteiger partial charge in [-0.25, -0.2) is 4.99 Å². The van der Waals surface area contributed by atoms with E-state index < -0.39 is 0 Å². The van der Waals surface area contributed by atoms with Gasteiger partial charge in [0.15, 0.2) is 5.96 Å². The number of hydrogen-bond acceptors (Lipinski definition) is 4. The molecule has 0 aliphatic carbocycles. The van der Waals surface area contributed by atoms with Crippen molar-refractivity contribution in [3.05, 3.63) is 30.1 Å². The van der Waals surface area contributed by atoms with Crippen LogP contribution in [-0.4, -0.2) is 61.6 Å². The van der Waals surface area contributed by atoms with Gasteiger partial charge in [0.25, 0.3) is 0 Å². The lowest BCUT2D eigenvalue weighted by molar-refractivity contribution is -0.128. The van der Waals surface area contributed by atoms with Crippen molar-refractivity contribution in [2.45, 2.75) is 19.8 Å². The minimum Gasteiger partial charge on any atom is -0.382 e. The quantitative estimate of drug-likeness (QED) is 0.370. The third-order valence-corrected chi connectivity index (χ3v) is 3.22. The van der Waals surface area contributed by atoms with Crippen molar-refractivity contribution < 1.29 is 9.53 Å². The molecule has 0 aliphatic rings. The molecule has 0 bridgehead atoms. The fourth-order valence-corrected chi connectivity index (χ4v) is 1.82. The fourth-order valence-electron chi connectivity index (χ4n) is 1.82. The Bertz CT molecular complexity index is 479. The number of nitrogens with two attached hydrogens (primary N) is 1. The molecular formula is C16H27N5O2. The molecule has 1 amide bonds. The van der Waals surface area contributed by atoms with Gasteiger partial charge in [-0.15, -0.1) is 0 Å². The summed E-state index contributed by atoms with van der Waals surface area (Å²) in [4.78, 5) is 21.9. The van der Waals surface area contributed by atoms with Gasteiger partial charge in [0, 0.05) is 51.7 Å². The first-order valence-electron chi connectivity index (χ1n) is 7.89. The van der Waals surface area contributed by atoms with E-state index in [1.165, 1.54) is 0 Å². The zero-order valence-electron chi connectivity index (χ0n) is 14.0. The average Bonchev–Trinajstić information content (AvgIpc) is 2.58. The van der Waals surface area contributed by atoms with Crippen LogP contribution in [0.5, 0.6) is 0 Å². The Morgan fingerprint density at radius 3 is 3.00 bits per heavy atom. The summed E-state index contributed by atoms with van der Waals surface area (Å²) in [5.74, 6) is 0.216. The van der Waals surface area contributed by atoms with Crippen LogP contribution in [0, 0.1) is 0 Å². The first kappa shape index (κ1) is 18.9. The summed E-state index contributed by atoms with van der Waals surface area (Å²) in [5, 5.41) is 2.96. The maximum Gasteiger partial charge on any atom is 0.244 e. The third kappa shape index (κ3) is 8.77. The second kappa shape index (κ2) is 11.4. The Balaban J connectivity index is 2.21. The predicted molar refractivity (Wildman–Crippen MR) is 91.2 cm³/mol. The highest BCUT2D eigenvalue weighted by molar-refractivity contribution is 5.83. The Morgan fingerprint density at radius 2 is 2.30 bits per heavy atom. The van der Waals surface area contributed by atoms with Crippen LogP contribution in [0.3, 0.4) is 0 Å². The fraction of sp³-hybridized carbons (Fsp3) is 0.562. The van der Waals surface area contributed by atoms with E-state index in [2.05, 4.69) is 15.3 Å². The number of guanidine groups is 1. The monoisotopic (exact) mass is 321 g/mol. The van der Waals surface area contributed by atoms with E-state index in [1.54, 1.807) is 18.1 Å². The van der Waals surface area contributed by atoms with Gasteiger partial charge in [-0.3, -0.25) is 9.78 Å². The number of nitrogens with zero attached hydrogens (tertiary/aromatic N) is 3. The molecule has 1 rings (SSSR count). The Kier molecular flexibility index (Phi) is 9.38. The van der Waals surface area contributed by atoms with Crippen LogP contribution in [0.25, 0.3) is 0 Å². The zero-order valence-corrected chi connectivity index (χ0v) is 14.0. The Morgan fingerprint density at radius 1 is 1.48 bits per heavy atom. The van der Waals surface area contributed by atoms with Crippen molar-refractivity contribution in [3.63, 3.8) is 0 Å². The van der Waals surface area contributed by atoms with E-state index in [-0.39, 0.29) is 18.4 Å². The Hall–Kier alpha value is -2.15. The van der Waals surface area contributed by atoms with Gasteiger partial charge in [-0.1, -0.05) is 6.07 Å². The molecule has 0 radical (unpaired) electrons. The SMILES string of the molecule is CCOCCCNC(N)=NCC(=O)N(C)CCc1ccccn1. The van der Waals surface area contributed by atoms with E-state index >= 15 is 0 Å². The van der Waals surface area contributed by atoms with E-state index in [1.807, 2.05) is 25.1 Å². The molecule has 7 nitrogen and oxygen atoms in total. The number of carbonyl (C=O) groups excluding carboxylic acids is 1. The molecular weight excluding hydrogens is 294 g/mol. The molecule has 128 valence electrons. The van der Waals surface area contributed by atoms with Crippen LogP contribution in [0.4, 0.5) is 0 Å². The summed E-state index contributed by atoms with van der Waals surface area (Å²) in [7, 11) is 1.76. The lowest BCUT2D eigenvalue weighted by Gasteiger charge is -2.16. The van der Waals surface area contributed by atoms with E-state index in [4.69, 9.17) is 10.5 Å². The molecule has 3 N–H and O–H groups in total. The normalized spacial score (nSPS) is 11.3. The molecule has 1 heterocycles. The summed E-state index contributed by atoms with van der Waals surface area (Å²) in [6.45, 7) is 4.68. The van der Waals surface area contributed by atoms with E-state index in [0.29, 0.717) is 26.3 Å². The molecule has 0 unspecified atom stereocenters. The van der Waals surface area contributed by atoms with Crippen molar-refractivity contribution in [1.82, 2.24) is 15.2 Å².